The molecular weight excluding hydrogens is 267 g/mol. The Morgan fingerprint density at radius 3 is 2.38 bits per heavy atom. The molecule has 1 fully saturated rings. The highest BCUT2D eigenvalue weighted by Gasteiger charge is 2.38. The molecule has 0 heterocycles. The molecule has 0 bridgehead atoms. The molecule has 2 N–H and O–H groups in total. The highest BCUT2D eigenvalue weighted by molar-refractivity contribution is 5.32. The molecule has 2 aliphatic carbocycles. The maximum absolute atomic E-state index is 13.8. The Labute approximate surface area is 125 Å². The quantitative estimate of drug-likeness (QED) is 0.840. The highest BCUT2D eigenvalue weighted by Crippen LogP contribution is 2.36. The topological polar surface area (TPSA) is 40.5 Å². The van der Waals surface area contributed by atoms with Crippen LogP contribution >= 0.6 is 0 Å². The fraction of sp³-hybridized carbons (Fsp3) is 0.556. The maximum Gasteiger partial charge on any atom is 0.109 e. The van der Waals surface area contributed by atoms with Crippen molar-refractivity contribution in [2.24, 2.45) is 17.8 Å². The van der Waals surface area contributed by atoms with Crippen molar-refractivity contribution in [3.8, 4) is 0 Å². The van der Waals surface area contributed by atoms with Gasteiger partial charge in [0, 0.05) is 12.3 Å². The molecular formula is C18H23FO2. The smallest absolute Gasteiger partial charge is 0.109 e. The van der Waals surface area contributed by atoms with Crippen molar-refractivity contribution in [2.75, 3.05) is 0 Å². The second kappa shape index (κ2) is 5.90. The average Bonchev–Trinajstić information content (AvgIpc) is 2.99. The second-order valence-electron chi connectivity index (χ2n) is 6.57. The molecule has 1 saturated carbocycles. The highest BCUT2D eigenvalue weighted by atomic mass is 19.1. The van der Waals surface area contributed by atoms with Gasteiger partial charge in [-0.25, -0.2) is 4.39 Å². The molecule has 0 saturated heterocycles. The van der Waals surface area contributed by atoms with E-state index in [0.717, 1.165) is 12.8 Å². The van der Waals surface area contributed by atoms with E-state index in [9.17, 15) is 14.6 Å². The van der Waals surface area contributed by atoms with E-state index in [4.69, 9.17) is 0 Å². The molecule has 2 aliphatic rings. The predicted molar refractivity (Wildman–Crippen MR) is 80.7 cm³/mol. The van der Waals surface area contributed by atoms with Crippen LogP contribution in [0.2, 0.25) is 0 Å². The minimum absolute atomic E-state index is 0.0794. The van der Waals surface area contributed by atoms with Crippen molar-refractivity contribution in [1.29, 1.82) is 0 Å². The summed E-state index contributed by atoms with van der Waals surface area (Å²) in [5, 5.41) is 20.0. The number of hydrogen-bond acceptors (Lipinski definition) is 2. The number of aliphatic hydroxyl groups is 2. The van der Waals surface area contributed by atoms with Gasteiger partial charge in [0.25, 0.3) is 0 Å². The summed E-state index contributed by atoms with van der Waals surface area (Å²) >= 11 is 0. The van der Waals surface area contributed by atoms with E-state index in [1.165, 1.54) is 11.1 Å². The molecule has 21 heavy (non-hydrogen) atoms. The van der Waals surface area contributed by atoms with Crippen LogP contribution in [-0.2, 0) is 12.8 Å². The number of aliphatic hydroxyl groups excluding tert-OH is 2. The van der Waals surface area contributed by atoms with Crippen LogP contribution in [0.1, 0.15) is 24.5 Å². The molecule has 3 rings (SSSR count). The lowest BCUT2D eigenvalue weighted by atomic mass is 9.92. The molecule has 1 aromatic carbocycles. The molecule has 0 amide bonds. The van der Waals surface area contributed by atoms with Gasteiger partial charge in [-0.3, -0.25) is 0 Å². The van der Waals surface area contributed by atoms with Crippen molar-refractivity contribution in [3.05, 3.63) is 47.5 Å². The summed E-state index contributed by atoms with van der Waals surface area (Å²) in [6.45, 7) is 1.87. The van der Waals surface area contributed by atoms with E-state index in [2.05, 4.69) is 12.1 Å². The van der Waals surface area contributed by atoms with Crippen LogP contribution in [0, 0.1) is 17.8 Å². The Morgan fingerprint density at radius 2 is 1.86 bits per heavy atom. The van der Waals surface area contributed by atoms with E-state index in [1.807, 2.05) is 19.1 Å². The van der Waals surface area contributed by atoms with Crippen LogP contribution in [0.25, 0.3) is 0 Å². The standard InChI is InChI=1S/C18H23FO2/c1-11-15(16(19)10-18(11)21)6-7-17(20)14-8-12-4-2-3-5-13(12)9-14/h2-7,11,14-18,20-21H,8-10H2,1H3/b7-6+/t11-,15-,16+,17+,18+/m1/s1. The predicted octanol–water partition coefficient (Wildman–Crippen LogP) is 2.67. The Kier molecular flexibility index (Phi) is 4.14. The lowest BCUT2D eigenvalue weighted by molar-refractivity contribution is 0.132. The van der Waals surface area contributed by atoms with Gasteiger partial charge in [0.1, 0.15) is 6.17 Å². The summed E-state index contributed by atoms with van der Waals surface area (Å²) in [6, 6.07) is 8.27. The monoisotopic (exact) mass is 290 g/mol. The first kappa shape index (κ1) is 14.7. The fourth-order valence-corrected chi connectivity index (χ4v) is 3.72. The molecule has 0 unspecified atom stereocenters. The van der Waals surface area contributed by atoms with Crippen LogP contribution in [0.3, 0.4) is 0 Å². The molecule has 3 heteroatoms. The van der Waals surface area contributed by atoms with Crippen LogP contribution in [0.4, 0.5) is 4.39 Å². The van der Waals surface area contributed by atoms with E-state index in [0.29, 0.717) is 0 Å². The van der Waals surface area contributed by atoms with Crippen molar-refractivity contribution >= 4 is 0 Å². The van der Waals surface area contributed by atoms with Gasteiger partial charge >= 0.3 is 0 Å². The first-order valence-electron chi connectivity index (χ1n) is 7.81. The zero-order valence-corrected chi connectivity index (χ0v) is 12.3. The van der Waals surface area contributed by atoms with Gasteiger partial charge in [0.05, 0.1) is 12.2 Å². The third kappa shape index (κ3) is 2.90. The van der Waals surface area contributed by atoms with Gasteiger partial charge in [0.15, 0.2) is 0 Å². The van der Waals surface area contributed by atoms with Gasteiger partial charge in [0.2, 0.25) is 0 Å². The van der Waals surface area contributed by atoms with Gasteiger partial charge < -0.3 is 10.2 Å². The zero-order chi connectivity index (χ0) is 15.0. The van der Waals surface area contributed by atoms with Crippen molar-refractivity contribution in [3.63, 3.8) is 0 Å². The molecule has 0 radical (unpaired) electrons. The number of benzene rings is 1. The van der Waals surface area contributed by atoms with Crippen LogP contribution in [0.15, 0.2) is 36.4 Å². The fourth-order valence-electron chi connectivity index (χ4n) is 3.72. The summed E-state index contributed by atoms with van der Waals surface area (Å²) < 4.78 is 13.8. The first-order valence-corrected chi connectivity index (χ1v) is 7.81. The molecule has 5 atom stereocenters. The summed E-state index contributed by atoms with van der Waals surface area (Å²) in [5.74, 6) is -0.180. The minimum atomic E-state index is -1.00. The summed E-state index contributed by atoms with van der Waals surface area (Å²) in [6.07, 6.45) is 3.37. The SMILES string of the molecule is C[C@@H]1[C@@H](/C=C/[C@H](O)C2Cc3ccccc3C2)[C@@H](F)C[C@@H]1O. The second-order valence-corrected chi connectivity index (χ2v) is 6.57. The molecule has 2 nitrogen and oxygen atoms in total. The lowest BCUT2D eigenvalue weighted by Gasteiger charge is -2.17. The lowest BCUT2D eigenvalue weighted by Crippen LogP contribution is -2.20. The summed E-state index contributed by atoms with van der Waals surface area (Å²) in [5.41, 5.74) is 2.62. The number of halogens is 1. The molecule has 114 valence electrons. The number of rotatable bonds is 3. The zero-order valence-electron chi connectivity index (χ0n) is 12.3. The molecule has 0 spiro atoms. The van der Waals surface area contributed by atoms with Crippen molar-refractivity contribution in [2.45, 2.75) is 44.6 Å². The molecule has 1 aromatic rings. The Morgan fingerprint density at radius 1 is 1.24 bits per heavy atom. The number of hydrogen-bond donors (Lipinski definition) is 2. The average molecular weight is 290 g/mol. The minimum Gasteiger partial charge on any atom is -0.393 e. The summed E-state index contributed by atoms with van der Waals surface area (Å²) in [7, 11) is 0. The van der Waals surface area contributed by atoms with Gasteiger partial charge in [-0.1, -0.05) is 43.3 Å². The molecule has 0 aromatic heterocycles. The largest absolute Gasteiger partial charge is 0.393 e. The van der Waals surface area contributed by atoms with Gasteiger partial charge in [-0.15, -0.1) is 0 Å². The molecule has 0 aliphatic heterocycles. The number of fused-ring (bicyclic) bond motifs is 1. The van der Waals surface area contributed by atoms with Crippen LogP contribution in [0.5, 0.6) is 0 Å². The Bertz CT molecular complexity index is 503. The van der Waals surface area contributed by atoms with Crippen molar-refractivity contribution < 1.29 is 14.6 Å². The van der Waals surface area contributed by atoms with Crippen LogP contribution < -0.4 is 0 Å². The van der Waals surface area contributed by atoms with Crippen LogP contribution in [-0.4, -0.2) is 28.6 Å². The van der Waals surface area contributed by atoms with Crippen molar-refractivity contribution in [1.82, 2.24) is 0 Å². The number of allylic oxidation sites excluding steroid dienone is 1. The Balaban J connectivity index is 1.63. The van der Waals surface area contributed by atoms with E-state index < -0.39 is 18.4 Å². The summed E-state index contributed by atoms with van der Waals surface area (Å²) in [4.78, 5) is 0. The third-order valence-corrected chi connectivity index (χ3v) is 5.19. The maximum atomic E-state index is 13.8. The van der Waals surface area contributed by atoms with Gasteiger partial charge in [-0.05, 0) is 35.8 Å². The van der Waals surface area contributed by atoms with Gasteiger partial charge in [-0.2, -0.15) is 0 Å². The number of alkyl halides is 1. The van der Waals surface area contributed by atoms with E-state index in [-0.39, 0.29) is 24.2 Å². The first-order chi connectivity index (χ1) is 10.1. The van der Waals surface area contributed by atoms with E-state index in [1.54, 1.807) is 12.2 Å². The Hall–Kier alpha value is -1.19. The third-order valence-electron chi connectivity index (χ3n) is 5.19. The van der Waals surface area contributed by atoms with E-state index >= 15 is 0 Å². The normalized spacial score (nSPS) is 34.5.